The first kappa shape index (κ1) is 15.3. The van der Waals surface area contributed by atoms with E-state index >= 15 is 0 Å². The Morgan fingerprint density at radius 1 is 1.33 bits per heavy atom. The Hall–Kier alpha value is -0.740. The molecule has 0 atom stereocenters. The largest absolute Gasteiger partial charge is 0.493 e. The van der Waals surface area contributed by atoms with Gasteiger partial charge >= 0.3 is 0 Å². The summed E-state index contributed by atoms with van der Waals surface area (Å²) in [5.74, 6) is 2.05. The Bertz CT molecular complexity index is 378. The van der Waals surface area contributed by atoms with Crippen LogP contribution in [0.1, 0.15) is 32.3 Å². The molecule has 18 heavy (non-hydrogen) atoms. The number of methoxy groups -OCH3 is 1. The van der Waals surface area contributed by atoms with Crippen molar-refractivity contribution in [3.05, 3.63) is 22.2 Å². The predicted molar refractivity (Wildman–Crippen MR) is 76.2 cm³/mol. The molecule has 1 rings (SSSR count). The van der Waals surface area contributed by atoms with Crippen LogP contribution in [0.15, 0.2) is 16.6 Å². The zero-order chi connectivity index (χ0) is 13.5. The minimum Gasteiger partial charge on any atom is -0.493 e. The van der Waals surface area contributed by atoms with Crippen LogP contribution >= 0.6 is 15.9 Å². The molecule has 102 valence electrons. The van der Waals surface area contributed by atoms with E-state index in [9.17, 15) is 0 Å². The Labute approximate surface area is 117 Å². The molecular formula is C14H21BrO3. The lowest BCUT2D eigenvalue weighted by Gasteiger charge is -2.14. The Morgan fingerprint density at radius 2 is 2.06 bits per heavy atom. The highest BCUT2D eigenvalue weighted by molar-refractivity contribution is 9.10. The van der Waals surface area contributed by atoms with Crippen LogP contribution in [-0.4, -0.2) is 18.8 Å². The Kier molecular flexibility index (Phi) is 6.50. The molecule has 0 aromatic heterocycles. The van der Waals surface area contributed by atoms with Crippen molar-refractivity contribution >= 4 is 15.9 Å². The van der Waals surface area contributed by atoms with E-state index < -0.39 is 0 Å². The number of aliphatic hydroxyl groups excluding tert-OH is 1. The van der Waals surface area contributed by atoms with Crippen LogP contribution < -0.4 is 9.47 Å². The number of benzene rings is 1. The van der Waals surface area contributed by atoms with Gasteiger partial charge in [0.2, 0.25) is 0 Å². The summed E-state index contributed by atoms with van der Waals surface area (Å²) < 4.78 is 11.9. The van der Waals surface area contributed by atoms with E-state index in [1.807, 2.05) is 6.07 Å². The fourth-order valence-electron chi connectivity index (χ4n) is 1.67. The van der Waals surface area contributed by atoms with E-state index in [0.717, 1.165) is 22.9 Å². The third-order valence-corrected chi connectivity index (χ3v) is 3.23. The molecule has 0 aliphatic rings. The van der Waals surface area contributed by atoms with Gasteiger partial charge in [-0.3, -0.25) is 0 Å². The quantitative estimate of drug-likeness (QED) is 0.778. The molecule has 0 aliphatic heterocycles. The van der Waals surface area contributed by atoms with Crippen molar-refractivity contribution in [2.45, 2.75) is 33.3 Å². The second-order valence-corrected chi connectivity index (χ2v) is 5.51. The molecule has 0 spiro atoms. The lowest BCUT2D eigenvalue weighted by Crippen LogP contribution is -2.02. The maximum atomic E-state index is 9.13. The highest BCUT2D eigenvalue weighted by Gasteiger charge is 2.11. The third-order valence-electron chi connectivity index (χ3n) is 2.64. The van der Waals surface area contributed by atoms with Crippen molar-refractivity contribution in [1.29, 1.82) is 0 Å². The van der Waals surface area contributed by atoms with Gasteiger partial charge in [-0.1, -0.05) is 13.8 Å². The average molecular weight is 317 g/mol. The number of rotatable bonds is 7. The fourth-order valence-corrected chi connectivity index (χ4v) is 2.27. The fraction of sp³-hybridized carbons (Fsp3) is 0.571. The number of hydrogen-bond donors (Lipinski definition) is 1. The SMILES string of the molecule is COc1cc(CO)cc(Br)c1OCCCC(C)C. The van der Waals surface area contributed by atoms with Crippen LogP contribution in [0.2, 0.25) is 0 Å². The zero-order valence-electron chi connectivity index (χ0n) is 11.2. The predicted octanol–water partition coefficient (Wildman–Crippen LogP) is 3.77. The molecule has 0 fully saturated rings. The van der Waals surface area contributed by atoms with Crippen molar-refractivity contribution in [2.24, 2.45) is 5.92 Å². The highest BCUT2D eigenvalue weighted by atomic mass is 79.9. The molecule has 0 aliphatic carbocycles. The summed E-state index contributed by atoms with van der Waals surface area (Å²) in [6, 6.07) is 3.64. The molecule has 0 radical (unpaired) electrons. The van der Waals surface area contributed by atoms with Gasteiger partial charge in [0.1, 0.15) is 0 Å². The standard InChI is InChI=1S/C14H21BrO3/c1-10(2)5-4-6-18-14-12(15)7-11(9-16)8-13(14)17-3/h7-8,10,16H,4-6,9H2,1-3H3. The summed E-state index contributed by atoms with van der Waals surface area (Å²) in [6.45, 7) is 5.06. The van der Waals surface area contributed by atoms with Crippen molar-refractivity contribution in [1.82, 2.24) is 0 Å². The minimum atomic E-state index is -0.0113. The van der Waals surface area contributed by atoms with E-state index in [1.165, 1.54) is 0 Å². The van der Waals surface area contributed by atoms with E-state index in [-0.39, 0.29) is 6.61 Å². The topological polar surface area (TPSA) is 38.7 Å². The lowest BCUT2D eigenvalue weighted by molar-refractivity contribution is 0.271. The van der Waals surface area contributed by atoms with Crippen molar-refractivity contribution in [3.63, 3.8) is 0 Å². The van der Waals surface area contributed by atoms with Crippen molar-refractivity contribution in [3.8, 4) is 11.5 Å². The lowest BCUT2D eigenvalue weighted by atomic mass is 10.1. The van der Waals surface area contributed by atoms with E-state index in [2.05, 4.69) is 29.8 Å². The zero-order valence-corrected chi connectivity index (χ0v) is 12.8. The molecule has 1 aromatic carbocycles. The molecule has 0 unspecified atom stereocenters. The third kappa shape index (κ3) is 4.50. The second kappa shape index (κ2) is 7.64. The second-order valence-electron chi connectivity index (χ2n) is 4.65. The van der Waals surface area contributed by atoms with Gasteiger partial charge in [0.05, 0.1) is 24.8 Å². The molecule has 0 saturated carbocycles. The maximum absolute atomic E-state index is 9.13. The first-order valence-electron chi connectivity index (χ1n) is 6.18. The molecule has 0 saturated heterocycles. The molecule has 3 nitrogen and oxygen atoms in total. The Balaban J connectivity index is 2.69. The van der Waals surface area contributed by atoms with E-state index in [0.29, 0.717) is 24.0 Å². The summed E-state index contributed by atoms with van der Waals surface area (Å²) >= 11 is 3.44. The number of halogens is 1. The van der Waals surface area contributed by atoms with Gasteiger partial charge < -0.3 is 14.6 Å². The minimum absolute atomic E-state index is 0.0113. The smallest absolute Gasteiger partial charge is 0.175 e. The van der Waals surface area contributed by atoms with Crippen LogP contribution in [0, 0.1) is 5.92 Å². The number of ether oxygens (including phenoxy) is 2. The van der Waals surface area contributed by atoms with Crippen LogP contribution in [0.3, 0.4) is 0 Å². The first-order chi connectivity index (χ1) is 8.58. The van der Waals surface area contributed by atoms with Gasteiger partial charge in [0, 0.05) is 0 Å². The molecule has 0 amide bonds. The summed E-state index contributed by atoms with van der Waals surface area (Å²) in [5, 5.41) is 9.13. The molecule has 1 aromatic rings. The summed E-state index contributed by atoms with van der Waals surface area (Å²) in [5.41, 5.74) is 0.799. The molecule has 4 heteroatoms. The molecule has 0 bridgehead atoms. The Morgan fingerprint density at radius 3 is 2.61 bits per heavy atom. The van der Waals surface area contributed by atoms with Crippen molar-refractivity contribution < 1.29 is 14.6 Å². The van der Waals surface area contributed by atoms with Gasteiger partial charge in [-0.15, -0.1) is 0 Å². The number of aliphatic hydroxyl groups is 1. The van der Waals surface area contributed by atoms with Gasteiger partial charge in [-0.25, -0.2) is 0 Å². The monoisotopic (exact) mass is 316 g/mol. The van der Waals surface area contributed by atoms with E-state index in [4.69, 9.17) is 14.6 Å². The summed E-state index contributed by atoms with van der Waals surface area (Å²) in [7, 11) is 1.60. The molecule has 1 N–H and O–H groups in total. The van der Waals surface area contributed by atoms with Gasteiger partial charge in [-0.05, 0) is 52.4 Å². The number of hydrogen-bond acceptors (Lipinski definition) is 3. The van der Waals surface area contributed by atoms with E-state index in [1.54, 1.807) is 13.2 Å². The van der Waals surface area contributed by atoms with Gasteiger partial charge in [-0.2, -0.15) is 0 Å². The summed E-state index contributed by atoms with van der Waals surface area (Å²) in [4.78, 5) is 0. The molecular weight excluding hydrogens is 296 g/mol. The maximum Gasteiger partial charge on any atom is 0.175 e. The summed E-state index contributed by atoms with van der Waals surface area (Å²) in [6.07, 6.45) is 2.17. The first-order valence-corrected chi connectivity index (χ1v) is 6.97. The van der Waals surface area contributed by atoms with Crippen LogP contribution in [0.25, 0.3) is 0 Å². The van der Waals surface area contributed by atoms with Gasteiger partial charge in [0.15, 0.2) is 11.5 Å². The van der Waals surface area contributed by atoms with Crippen molar-refractivity contribution in [2.75, 3.05) is 13.7 Å². The average Bonchev–Trinajstić information content (AvgIpc) is 2.34. The molecule has 0 heterocycles. The highest BCUT2D eigenvalue weighted by Crippen LogP contribution is 2.36. The van der Waals surface area contributed by atoms with Crippen LogP contribution in [0.5, 0.6) is 11.5 Å². The normalized spacial score (nSPS) is 10.8. The van der Waals surface area contributed by atoms with Gasteiger partial charge in [0.25, 0.3) is 0 Å². The van der Waals surface area contributed by atoms with Crippen LogP contribution in [-0.2, 0) is 6.61 Å². The van der Waals surface area contributed by atoms with Crippen LogP contribution in [0.4, 0.5) is 0 Å².